The average molecular weight is 593 g/mol. The maximum Gasteiger partial charge on any atom is 0.251 e. The van der Waals surface area contributed by atoms with Crippen molar-refractivity contribution in [2.45, 2.75) is 37.3 Å². The van der Waals surface area contributed by atoms with Crippen LogP contribution in [0.5, 0.6) is 0 Å². The Labute approximate surface area is 246 Å². The summed E-state index contributed by atoms with van der Waals surface area (Å²) in [5.74, 6) is -0.668. The minimum Gasteiger partial charge on any atom is -0.340 e. The van der Waals surface area contributed by atoms with E-state index in [0.717, 1.165) is 17.7 Å². The summed E-state index contributed by atoms with van der Waals surface area (Å²) in [5.41, 5.74) is 2.47. The van der Waals surface area contributed by atoms with Gasteiger partial charge in [-0.2, -0.15) is 0 Å². The Balaban J connectivity index is 1.24. The van der Waals surface area contributed by atoms with Crippen LogP contribution in [0.1, 0.15) is 41.1 Å². The summed E-state index contributed by atoms with van der Waals surface area (Å²) in [6, 6.07) is 17.2. The standard InChI is InChI=1S/C32H37FN4O4S/c1-2-15-36(30-23-28(30)24-7-11-26(33)12-8-24)18-5-6-29(32(39)37-19-21-42(40,41)22-20-37)34-31(38)25-9-13-27(14-10-25)35-16-3-4-17-35/h2-4,7-14,16-17,28-30H,1,5-6,15,18-23H2,(H,34,38)/t28-,29-,30?/m0/s1. The molecule has 3 atom stereocenters. The molecule has 2 fully saturated rings. The van der Waals surface area contributed by atoms with E-state index in [4.69, 9.17) is 0 Å². The second-order valence-corrected chi connectivity index (χ2v) is 13.3. The van der Waals surface area contributed by atoms with Crippen molar-refractivity contribution in [3.63, 3.8) is 0 Å². The molecular weight excluding hydrogens is 555 g/mol. The molecule has 2 amide bonds. The van der Waals surface area contributed by atoms with Crippen molar-refractivity contribution in [2.75, 3.05) is 37.7 Å². The lowest BCUT2D eigenvalue weighted by Crippen LogP contribution is -2.53. The fraction of sp³-hybridized carbons (Fsp3) is 0.375. The van der Waals surface area contributed by atoms with Gasteiger partial charge in [0.25, 0.3) is 5.91 Å². The van der Waals surface area contributed by atoms with Gasteiger partial charge in [0.2, 0.25) is 5.91 Å². The van der Waals surface area contributed by atoms with Crippen LogP contribution < -0.4 is 5.32 Å². The first kappa shape index (κ1) is 29.7. The van der Waals surface area contributed by atoms with Gasteiger partial charge in [0.15, 0.2) is 9.84 Å². The number of hydrogen-bond donors (Lipinski definition) is 1. The Morgan fingerprint density at radius 3 is 2.36 bits per heavy atom. The van der Waals surface area contributed by atoms with E-state index in [1.165, 1.54) is 12.1 Å². The molecule has 1 unspecified atom stereocenters. The zero-order valence-electron chi connectivity index (χ0n) is 23.6. The highest BCUT2D eigenvalue weighted by Gasteiger charge is 2.42. The lowest BCUT2D eigenvalue weighted by Gasteiger charge is -2.31. The number of nitrogens with zero attached hydrogens (tertiary/aromatic N) is 3. The van der Waals surface area contributed by atoms with Crippen LogP contribution in [0.15, 0.2) is 85.7 Å². The molecule has 1 aliphatic heterocycles. The number of halogens is 1. The molecule has 0 radical (unpaired) electrons. The van der Waals surface area contributed by atoms with Crippen molar-refractivity contribution in [2.24, 2.45) is 0 Å². The molecule has 1 N–H and O–H groups in total. The van der Waals surface area contributed by atoms with Crippen LogP contribution in [-0.2, 0) is 14.6 Å². The van der Waals surface area contributed by atoms with Gasteiger partial charge in [0, 0.05) is 55.2 Å². The van der Waals surface area contributed by atoms with Crippen LogP contribution in [0, 0.1) is 5.82 Å². The predicted molar refractivity (Wildman–Crippen MR) is 161 cm³/mol. The third-order valence-corrected chi connectivity index (χ3v) is 9.73. The van der Waals surface area contributed by atoms with E-state index in [1.54, 1.807) is 17.0 Å². The molecule has 2 aromatic carbocycles. The molecule has 222 valence electrons. The number of amides is 2. The van der Waals surface area contributed by atoms with Gasteiger partial charge in [-0.25, -0.2) is 12.8 Å². The van der Waals surface area contributed by atoms with Crippen molar-refractivity contribution in [1.29, 1.82) is 0 Å². The highest BCUT2D eigenvalue weighted by Crippen LogP contribution is 2.44. The van der Waals surface area contributed by atoms with Crippen molar-refractivity contribution < 1.29 is 22.4 Å². The number of hydrogen-bond acceptors (Lipinski definition) is 5. The predicted octanol–water partition coefficient (Wildman–Crippen LogP) is 3.80. The van der Waals surface area contributed by atoms with Crippen LogP contribution in [0.4, 0.5) is 4.39 Å². The third-order valence-electron chi connectivity index (χ3n) is 8.12. The Morgan fingerprint density at radius 2 is 1.71 bits per heavy atom. The summed E-state index contributed by atoms with van der Waals surface area (Å²) in [6.07, 6.45) is 7.73. The van der Waals surface area contributed by atoms with E-state index in [-0.39, 0.29) is 42.2 Å². The van der Waals surface area contributed by atoms with Crippen molar-refractivity contribution in [3.8, 4) is 5.69 Å². The number of sulfone groups is 1. The first-order valence-electron chi connectivity index (χ1n) is 14.4. The van der Waals surface area contributed by atoms with Crippen LogP contribution >= 0.6 is 0 Å². The van der Waals surface area contributed by atoms with Crippen LogP contribution in [0.25, 0.3) is 5.69 Å². The van der Waals surface area contributed by atoms with E-state index < -0.39 is 15.9 Å². The van der Waals surface area contributed by atoms with E-state index in [1.807, 2.05) is 59.4 Å². The highest BCUT2D eigenvalue weighted by atomic mass is 32.2. The average Bonchev–Trinajstić information content (AvgIpc) is 3.58. The molecule has 0 bridgehead atoms. The molecule has 10 heteroatoms. The van der Waals surface area contributed by atoms with Gasteiger partial charge in [-0.05, 0) is 79.9 Å². The molecular formula is C32H37FN4O4S. The summed E-state index contributed by atoms with van der Waals surface area (Å²) >= 11 is 0. The zero-order valence-corrected chi connectivity index (χ0v) is 24.4. The van der Waals surface area contributed by atoms with E-state index in [2.05, 4.69) is 16.8 Å². The molecule has 1 saturated carbocycles. The number of benzene rings is 2. The lowest BCUT2D eigenvalue weighted by atomic mass is 10.1. The molecule has 5 rings (SSSR count). The summed E-state index contributed by atoms with van der Waals surface area (Å²) < 4.78 is 39.2. The van der Waals surface area contributed by atoms with E-state index in [0.29, 0.717) is 43.5 Å². The number of carbonyl (C=O) groups excluding carboxylic acids is 2. The monoisotopic (exact) mass is 592 g/mol. The Bertz CT molecular complexity index is 1480. The molecule has 42 heavy (non-hydrogen) atoms. The normalized spacial score (nSPS) is 20.2. The minimum absolute atomic E-state index is 0.0696. The molecule has 3 aromatic rings. The number of aromatic nitrogens is 1. The Kier molecular flexibility index (Phi) is 9.23. The first-order valence-corrected chi connectivity index (χ1v) is 16.2. The number of nitrogens with one attached hydrogen (secondary N) is 1. The van der Waals surface area contributed by atoms with Crippen molar-refractivity contribution >= 4 is 21.7 Å². The molecule has 1 aromatic heterocycles. The SMILES string of the molecule is C=CCN(CCC[C@H](NC(=O)c1ccc(-n2cccc2)cc1)C(=O)N1CCS(=O)(=O)CC1)C1C[C@H]1c1ccc(F)cc1. The fourth-order valence-electron chi connectivity index (χ4n) is 5.65. The number of carbonyl (C=O) groups is 2. The lowest BCUT2D eigenvalue weighted by molar-refractivity contribution is -0.133. The quantitative estimate of drug-likeness (QED) is 0.323. The van der Waals surface area contributed by atoms with E-state index >= 15 is 0 Å². The highest BCUT2D eigenvalue weighted by molar-refractivity contribution is 7.91. The van der Waals surface area contributed by atoms with Gasteiger partial charge in [-0.15, -0.1) is 6.58 Å². The van der Waals surface area contributed by atoms with Gasteiger partial charge in [0.1, 0.15) is 11.9 Å². The van der Waals surface area contributed by atoms with Crippen LogP contribution in [0.3, 0.4) is 0 Å². The maximum absolute atomic E-state index is 13.6. The smallest absolute Gasteiger partial charge is 0.251 e. The Morgan fingerprint density at radius 1 is 1.05 bits per heavy atom. The summed E-state index contributed by atoms with van der Waals surface area (Å²) in [4.78, 5) is 30.7. The van der Waals surface area contributed by atoms with Gasteiger partial charge in [-0.1, -0.05) is 18.2 Å². The Hall–Kier alpha value is -3.76. The van der Waals surface area contributed by atoms with Crippen molar-refractivity contribution in [3.05, 3.63) is 103 Å². The van der Waals surface area contributed by atoms with Crippen LogP contribution in [0.2, 0.25) is 0 Å². The molecule has 2 aliphatic rings. The molecule has 1 saturated heterocycles. The first-order chi connectivity index (χ1) is 20.2. The molecule has 0 spiro atoms. The van der Waals surface area contributed by atoms with Crippen molar-refractivity contribution in [1.82, 2.24) is 19.7 Å². The molecule has 8 nitrogen and oxygen atoms in total. The largest absolute Gasteiger partial charge is 0.340 e. The van der Waals surface area contributed by atoms with Gasteiger partial charge >= 0.3 is 0 Å². The van der Waals surface area contributed by atoms with Crippen LogP contribution in [-0.4, -0.2) is 84.4 Å². The second kappa shape index (κ2) is 13.0. The zero-order chi connectivity index (χ0) is 29.7. The second-order valence-electron chi connectivity index (χ2n) is 11.0. The minimum atomic E-state index is -3.15. The summed E-state index contributed by atoms with van der Waals surface area (Å²) in [5, 5.41) is 2.94. The molecule has 1 aliphatic carbocycles. The fourth-order valence-corrected chi connectivity index (χ4v) is 6.86. The maximum atomic E-state index is 13.6. The third kappa shape index (κ3) is 7.35. The summed E-state index contributed by atoms with van der Waals surface area (Å²) in [6.45, 7) is 5.54. The summed E-state index contributed by atoms with van der Waals surface area (Å²) in [7, 11) is -3.15. The van der Waals surface area contributed by atoms with E-state index in [9.17, 15) is 22.4 Å². The van der Waals surface area contributed by atoms with Gasteiger partial charge in [0.05, 0.1) is 11.5 Å². The van der Waals surface area contributed by atoms with Gasteiger partial charge in [-0.3, -0.25) is 14.5 Å². The number of rotatable bonds is 12. The molecule has 2 heterocycles. The van der Waals surface area contributed by atoms with Gasteiger partial charge < -0.3 is 14.8 Å². The topological polar surface area (TPSA) is 91.7 Å².